The van der Waals surface area contributed by atoms with E-state index in [1.807, 2.05) is 49.4 Å². The van der Waals surface area contributed by atoms with E-state index in [1.165, 1.54) is 0 Å². The summed E-state index contributed by atoms with van der Waals surface area (Å²) < 4.78 is 5.74. The molecule has 0 saturated carbocycles. The fourth-order valence-corrected chi connectivity index (χ4v) is 1.78. The predicted molar refractivity (Wildman–Crippen MR) is 84.7 cm³/mol. The highest BCUT2D eigenvalue weighted by molar-refractivity contribution is 5.94. The second kappa shape index (κ2) is 6.93. The maximum atomic E-state index is 12.2. The van der Waals surface area contributed by atoms with E-state index in [0.29, 0.717) is 17.2 Å². The van der Waals surface area contributed by atoms with E-state index in [1.54, 1.807) is 12.1 Å². The smallest absolute Gasteiger partial charge is 0.251 e. The molecule has 3 heteroatoms. The maximum absolute atomic E-state index is 12.2. The Morgan fingerprint density at radius 1 is 0.952 bits per heavy atom. The van der Waals surface area contributed by atoms with E-state index in [9.17, 15) is 4.79 Å². The molecule has 0 saturated heterocycles. The van der Waals surface area contributed by atoms with Gasteiger partial charge in [0.2, 0.25) is 0 Å². The molecule has 0 aliphatic rings. The van der Waals surface area contributed by atoms with Gasteiger partial charge in [-0.05, 0) is 43.2 Å². The zero-order valence-electron chi connectivity index (χ0n) is 12.7. The number of nitrogens with one attached hydrogen (secondary N) is 1. The molecule has 0 aliphatic heterocycles. The van der Waals surface area contributed by atoms with E-state index in [4.69, 9.17) is 4.74 Å². The van der Waals surface area contributed by atoms with Crippen LogP contribution in [-0.4, -0.2) is 11.9 Å². The predicted octanol–water partition coefficient (Wildman–Crippen LogP) is 4.25. The van der Waals surface area contributed by atoms with Crippen molar-refractivity contribution in [3.05, 3.63) is 60.2 Å². The van der Waals surface area contributed by atoms with Gasteiger partial charge in [-0.1, -0.05) is 38.1 Å². The third-order valence-corrected chi connectivity index (χ3v) is 3.43. The molecule has 2 aromatic rings. The fraction of sp³-hybridized carbons (Fsp3) is 0.278. The summed E-state index contributed by atoms with van der Waals surface area (Å²) in [6.45, 7) is 6.17. The molecule has 1 N–H and O–H groups in total. The zero-order chi connectivity index (χ0) is 15.2. The Hall–Kier alpha value is -2.29. The standard InChI is InChI=1S/C18H21NO2/c1-13(2)14(3)19-18(20)15-8-7-11-17(12-15)21-16-9-5-4-6-10-16/h4-14H,1-3H3,(H,19,20)/t14-/m0/s1. The first kappa shape index (κ1) is 15.1. The number of rotatable bonds is 5. The lowest BCUT2D eigenvalue weighted by atomic mass is 10.1. The number of hydrogen-bond acceptors (Lipinski definition) is 2. The highest BCUT2D eigenvalue weighted by Crippen LogP contribution is 2.21. The van der Waals surface area contributed by atoms with E-state index in [0.717, 1.165) is 5.75 Å². The molecule has 110 valence electrons. The summed E-state index contributed by atoms with van der Waals surface area (Å²) in [5, 5.41) is 2.99. The van der Waals surface area contributed by atoms with Gasteiger partial charge in [0.05, 0.1) is 0 Å². The van der Waals surface area contributed by atoms with Gasteiger partial charge in [-0.2, -0.15) is 0 Å². The SMILES string of the molecule is CC(C)[C@H](C)NC(=O)c1cccc(Oc2ccccc2)c1. The molecule has 2 rings (SSSR count). The number of amides is 1. The van der Waals surface area contributed by atoms with Gasteiger partial charge in [-0.15, -0.1) is 0 Å². The van der Waals surface area contributed by atoms with Crippen LogP contribution in [0.3, 0.4) is 0 Å². The first-order chi connectivity index (χ1) is 10.1. The van der Waals surface area contributed by atoms with Crippen LogP contribution >= 0.6 is 0 Å². The molecule has 0 unspecified atom stereocenters. The molecular weight excluding hydrogens is 262 g/mol. The first-order valence-electron chi connectivity index (χ1n) is 7.20. The maximum Gasteiger partial charge on any atom is 0.251 e. The highest BCUT2D eigenvalue weighted by atomic mass is 16.5. The quantitative estimate of drug-likeness (QED) is 0.890. The monoisotopic (exact) mass is 283 g/mol. The Kier molecular flexibility index (Phi) is 4.99. The average Bonchev–Trinajstić information content (AvgIpc) is 2.48. The summed E-state index contributed by atoms with van der Waals surface area (Å²) in [5.41, 5.74) is 0.607. The van der Waals surface area contributed by atoms with Gasteiger partial charge < -0.3 is 10.1 Å². The number of para-hydroxylation sites is 1. The number of ether oxygens (including phenoxy) is 1. The Balaban J connectivity index is 2.09. The van der Waals surface area contributed by atoms with Crippen LogP contribution in [0.1, 0.15) is 31.1 Å². The molecule has 0 radical (unpaired) electrons. The van der Waals surface area contributed by atoms with Crippen molar-refractivity contribution in [3.8, 4) is 11.5 Å². The van der Waals surface area contributed by atoms with Crippen molar-refractivity contribution in [2.75, 3.05) is 0 Å². The van der Waals surface area contributed by atoms with E-state index in [2.05, 4.69) is 19.2 Å². The Bertz CT molecular complexity index is 593. The number of carbonyl (C=O) groups excluding carboxylic acids is 1. The number of hydrogen-bond donors (Lipinski definition) is 1. The van der Waals surface area contributed by atoms with Crippen LogP contribution < -0.4 is 10.1 Å². The van der Waals surface area contributed by atoms with Gasteiger partial charge in [0, 0.05) is 11.6 Å². The third-order valence-electron chi connectivity index (χ3n) is 3.43. The highest BCUT2D eigenvalue weighted by Gasteiger charge is 2.13. The van der Waals surface area contributed by atoms with E-state index < -0.39 is 0 Å². The normalized spacial score (nSPS) is 12.0. The molecule has 1 atom stereocenters. The summed E-state index contributed by atoms with van der Waals surface area (Å²) in [5.74, 6) is 1.74. The van der Waals surface area contributed by atoms with Crippen molar-refractivity contribution in [3.63, 3.8) is 0 Å². The molecular formula is C18H21NO2. The van der Waals surface area contributed by atoms with Gasteiger partial charge in [-0.25, -0.2) is 0 Å². The van der Waals surface area contributed by atoms with Crippen LogP contribution in [0.25, 0.3) is 0 Å². The van der Waals surface area contributed by atoms with Crippen LogP contribution in [0.5, 0.6) is 11.5 Å². The summed E-state index contributed by atoms with van der Waals surface area (Å²) in [6.07, 6.45) is 0. The van der Waals surface area contributed by atoms with Crippen molar-refractivity contribution in [2.45, 2.75) is 26.8 Å². The summed E-state index contributed by atoms with van der Waals surface area (Å²) in [7, 11) is 0. The van der Waals surface area contributed by atoms with Gasteiger partial charge in [0.15, 0.2) is 0 Å². The van der Waals surface area contributed by atoms with Crippen LogP contribution in [0.2, 0.25) is 0 Å². The summed E-state index contributed by atoms with van der Waals surface area (Å²) >= 11 is 0. The Morgan fingerprint density at radius 2 is 1.62 bits per heavy atom. The lowest BCUT2D eigenvalue weighted by molar-refractivity contribution is 0.0930. The minimum atomic E-state index is -0.0743. The molecule has 0 bridgehead atoms. The average molecular weight is 283 g/mol. The number of carbonyl (C=O) groups is 1. The second-order valence-corrected chi connectivity index (χ2v) is 5.45. The zero-order valence-corrected chi connectivity index (χ0v) is 12.7. The van der Waals surface area contributed by atoms with Crippen LogP contribution in [0.15, 0.2) is 54.6 Å². The minimum Gasteiger partial charge on any atom is -0.457 e. The van der Waals surface area contributed by atoms with Crippen LogP contribution in [0.4, 0.5) is 0 Å². The van der Waals surface area contributed by atoms with Crippen molar-refractivity contribution >= 4 is 5.91 Å². The van der Waals surface area contributed by atoms with Gasteiger partial charge in [0.1, 0.15) is 11.5 Å². The van der Waals surface area contributed by atoms with Gasteiger partial charge in [-0.3, -0.25) is 4.79 Å². The summed E-state index contributed by atoms with van der Waals surface area (Å²) in [4.78, 5) is 12.2. The molecule has 0 spiro atoms. The van der Waals surface area contributed by atoms with Crippen LogP contribution in [-0.2, 0) is 0 Å². The lowest BCUT2D eigenvalue weighted by Crippen LogP contribution is -2.36. The topological polar surface area (TPSA) is 38.3 Å². The third kappa shape index (κ3) is 4.35. The minimum absolute atomic E-state index is 0.0743. The largest absolute Gasteiger partial charge is 0.457 e. The van der Waals surface area contributed by atoms with Gasteiger partial charge >= 0.3 is 0 Å². The van der Waals surface area contributed by atoms with Crippen molar-refractivity contribution in [1.29, 1.82) is 0 Å². The van der Waals surface area contributed by atoms with Crippen molar-refractivity contribution in [2.24, 2.45) is 5.92 Å². The molecule has 3 nitrogen and oxygen atoms in total. The number of benzene rings is 2. The van der Waals surface area contributed by atoms with Crippen LogP contribution in [0, 0.1) is 5.92 Å². The lowest BCUT2D eigenvalue weighted by Gasteiger charge is -2.17. The summed E-state index contributed by atoms with van der Waals surface area (Å²) in [6, 6.07) is 16.9. The molecule has 0 heterocycles. The molecule has 0 aliphatic carbocycles. The molecule has 2 aromatic carbocycles. The first-order valence-corrected chi connectivity index (χ1v) is 7.20. The molecule has 0 aromatic heterocycles. The molecule has 1 amide bonds. The van der Waals surface area contributed by atoms with Gasteiger partial charge in [0.25, 0.3) is 5.91 Å². The Labute approximate surface area is 126 Å². The van der Waals surface area contributed by atoms with E-state index >= 15 is 0 Å². The van der Waals surface area contributed by atoms with Crippen molar-refractivity contribution < 1.29 is 9.53 Å². The van der Waals surface area contributed by atoms with Crippen molar-refractivity contribution in [1.82, 2.24) is 5.32 Å². The second-order valence-electron chi connectivity index (χ2n) is 5.45. The van der Waals surface area contributed by atoms with E-state index in [-0.39, 0.29) is 11.9 Å². The Morgan fingerprint density at radius 3 is 2.29 bits per heavy atom. The molecule has 21 heavy (non-hydrogen) atoms. The fourth-order valence-electron chi connectivity index (χ4n) is 1.78. The molecule has 0 fully saturated rings.